The third kappa shape index (κ3) is 13.1. The molecule has 0 radical (unpaired) electrons. The highest BCUT2D eigenvalue weighted by Crippen LogP contribution is 2.25. The zero-order valence-electron chi connectivity index (χ0n) is 37.5. The van der Waals surface area contributed by atoms with Crippen LogP contribution in [0.2, 0.25) is 0 Å². The molecule has 0 saturated carbocycles. The molecular formula is C50H60N4O9. The number of hydrogen-bond acceptors (Lipinski definition) is 9. The average Bonchev–Trinajstić information content (AvgIpc) is 3.36. The van der Waals surface area contributed by atoms with Crippen LogP contribution in [-0.2, 0) is 30.5 Å². The topological polar surface area (TPSA) is 183 Å². The fraction of sp³-hybridized carbons (Fsp3) is 0.280. The summed E-state index contributed by atoms with van der Waals surface area (Å²) in [7, 11) is 6.64. The summed E-state index contributed by atoms with van der Waals surface area (Å²) < 4.78 is 5.56. The number of likely N-dealkylation sites (N-methyl/N-ethyl adjacent to an activating group) is 4. The maximum Gasteiger partial charge on any atom is 0.254 e. The second-order valence-corrected chi connectivity index (χ2v) is 13.9. The van der Waals surface area contributed by atoms with Crippen molar-refractivity contribution in [3.05, 3.63) is 156 Å². The fourth-order valence-corrected chi connectivity index (χ4v) is 6.21. The molecule has 63 heavy (non-hydrogen) atoms. The van der Waals surface area contributed by atoms with Gasteiger partial charge in [-0.1, -0.05) is 129 Å². The van der Waals surface area contributed by atoms with Crippen LogP contribution in [0.1, 0.15) is 54.0 Å². The minimum atomic E-state index is -1.79. The molecule has 2 unspecified atom stereocenters. The van der Waals surface area contributed by atoms with Crippen LogP contribution in [0.25, 0.3) is 22.3 Å². The number of amides is 4. The van der Waals surface area contributed by atoms with E-state index in [9.17, 15) is 33.9 Å². The molecule has 13 nitrogen and oxygen atoms in total. The van der Waals surface area contributed by atoms with Crippen molar-refractivity contribution in [2.45, 2.75) is 45.4 Å². The molecule has 0 bridgehead atoms. The van der Waals surface area contributed by atoms with Crippen molar-refractivity contribution in [1.82, 2.24) is 20.4 Å². The largest absolute Gasteiger partial charge is 0.400 e. The molecule has 0 aliphatic carbocycles. The lowest BCUT2D eigenvalue weighted by atomic mass is 9.92. The van der Waals surface area contributed by atoms with Gasteiger partial charge in [-0.3, -0.25) is 28.8 Å². The van der Waals surface area contributed by atoms with E-state index in [2.05, 4.69) is 10.6 Å². The molecule has 13 heteroatoms. The van der Waals surface area contributed by atoms with E-state index in [1.807, 2.05) is 129 Å². The predicted molar refractivity (Wildman–Crippen MR) is 246 cm³/mol. The van der Waals surface area contributed by atoms with Gasteiger partial charge in [-0.25, -0.2) is 0 Å². The van der Waals surface area contributed by atoms with Crippen LogP contribution in [0.5, 0.6) is 0 Å². The van der Waals surface area contributed by atoms with Crippen LogP contribution in [-0.4, -0.2) is 115 Å². The summed E-state index contributed by atoms with van der Waals surface area (Å²) >= 11 is 0. The number of benzene rings is 5. The lowest BCUT2D eigenvalue weighted by molar-refractivity contribution is -0.145. The molecule has 2 atom stereocenters. The van der Waals surface area contributed by atoms with Gasteiger partial charge in [0.05, 0.1) is 6.61 Å². The molecule has 0 aliphatic heterocycles. The van der Waals surface area contributed by atoms with Crippen LogP contribution in [0.15, 0.2) is 140 Å². The molecule has 5 aromatic rings. The summed E-state index contributed by atoms with van der Waals surface area (Å²) in [5.41, 5.74) is 2.09. The van der Waals surface area contributed by atoms with E-state index in [-0.39, 0.29) is 13.2 Å². The Balaban J connectivity index is 0.000000412. The Morgan fingerprint density at radius 2 is 0.841 bits per heavy atom. The van der Waals surface area contributed by atoms with Crippen molar-refractivity contribution in [2.75, 3.05) is 48.5 Å². The van der Waals surface area contributed by atoms with Gasteiger partial charge in [-0.15, -0.1) is 0 Å². The van der Waals surface area contributed by atoms with E-state index in [0.717, 1.165) is 39.8 Å². The molecule has 0 aromatic heterocycles. The van der Waals surface area contributed by atoms with Gasteiger partial charge in [0.15, 0.2) is 22.6 Å². The summed E-state index contributed by atoms with van der Waals surface area (Å²) in [5, 5.41) is 21.1. The maximum absolute atomic E-state index is 13.2. The number of ketones is 2. The first-order chi connectivity index (χ1) is 30.2. The van der Waals surface area contributed by atoms with E-state index in [0.29, 0.717) is 11.1 Å². The first-order valence-electron chi connectivity index (χ1n) is 20.3. The molecule has 5 rings (SSSR count). The number of nitrogens with one attached hydrogen (secondary N) is 2. The SMILES string of the molecule is CC.CNC(=O)C(C)(C(=O)CO)N(C)C(=O)c1ccc(-c2ccccc2)cc1.CNC(=O)C(C)(C(=O)COCc1ccccc1)N(C)C(=O)c1ccc(-c2ccccc2)cc1.CO. The van der Waals surface area contributed by atoms with Gasteiger partial charge < -0.3 is 35.4 Å². The van der Waals surface area contributed by atoms with E-state index in [1.54, 1.807) is 24.3 Å². The molecule has 5 aromatic carbocycles. The first kappa shape index (κ1) is 52.3. The Labute approximate surface area is 370 Å². The van der Waals surface area contributed by atoms with Gasteiger partial charge >= 0.3 is 0 Å². The van der Waals surface area contributed by atoms with Crippen molar-refractivity contribution in [3.8, 4) is 22.3 Å². The van der Waals surface area contributed by atoms with Gasteiger partial charge in [-0.2, -0.15) is 0 Å². The second-order valence-electron chi connectivity index (χ2n) is 13.9. The summed E-state index contributed by atoms with van der Waals surface area (Å²) in [6.07, 6.45) is 0. The highest BCUT2D eigenvalue weighted by Gasteiger charge is 2.47. The number of ether oxygens (including phenoxy) is 1. The normalized spacial score (nSPS) is 12.0. The van der Waals surface area contributed by atoms with Gasteiger partial charge in [-0.05, 0) is 65.9 Å². The average molecular weight is 861 g/mol. The Bertz CT molecular complexity index is 2200. The van der Waals surface area contributed by atoms with Gasteiger partial charge in [0, 0.05) is 46.4 Å². The quantitative estimate of drug-likeness (QED) is 0.0940. The lowest BCUT2D eigenvalue weighted by Gasteiger charge is -2.35. The number of carbonyl (C=O) groups is 6. The minimum absolute atomic E-state index is 0.231. The standard InChI is InChI=1S/C27H28N2O4.C20H22N2O4.C2H6.CH4O/c1-27(26(32)28-2,24(30)19-33-18-20-10-6-4-7-11-20)29(3)25(31)23-16-14-22(15-17-23)21-12-8-5-9-13-21;1-20(17(24)13-23,19(26)21-2)22(3)18(25)16-11-9-15(10-12-16)14-7-5-4-6-8-14;2*1-2/h4-17H,18-19H2,1-3H3,(H,28,32);4-12,23H,13H2,1-3H3,(H,21,26);1-2H3;2H,1H3. The molecular weight excluding hydrogens is 801 g/mol. The van der Waals surface area contributed by atoms with Gasteiger partial charge in [0.25, 0.3) is 23.6 Å². The third-order valence-corrected chi connectivity index (χ3v) is 10.3. The van der Waals surface area contributed by atoms with Crippen molar-refractivity contribution in [1.29, 1.82) is 0 Å². The van der Waals surface area contributed by atoms with E-state index >= 15 is 0 Å². The summed E-state index contributed by atoms with van der Waals surface area (Å²) in [4.78, 5) is 78.4. The Hall–Kier alpha value is -6.80. The first-order valence-corrected chi connectivity index (χ1v) is 20.3. The van der Waals surface area contributed by atoms with Gasteiger partial charge in [0.2, 0.25) is 0 Å². The van der Waals surface area contributed by atoms with E-state index in [1.165, 1.54) is 46.9 Å². The van der Waals surface area contributed by atoms with Crippen molar-refractivity contribution in [3.63, 3.8) is 0 Å². The maximum atomic E-state index is 13.2. The monoisotopic (exact) mass is 860 g/mol. The van der Waals surface area contributed by atoms with Crippen LogP contribution in [0.3, 0.4) is 0 Å². The smallest absolute Gasteiger partial charge is 0.254 e. The lowest BCUT2D eigenvalue weighted by Crippen LogP contribution is -2.62. The number of carbonyl (C=O) groups excluding carboxylic acids is 6. The highest BCUT2D eigenvalue weighted by molar-refractivity contribution is 6.15. The van der Waals surface area contributed by atoms with Crippen molar-refractivity contribution < 1.29 is 43.7 Å². The molecule has 0 spiro atoms. The number of hydrogen-bond donors (Lipinski definition) is 4. The number of rotatable bonds is 15. The Morgan fingerprint density at radius 3 is 1.17 bits per heavy atom. The number of aliphatic hydroxyl groups excluding tert-OH is 2. The molecule has 0 saturated heterocycles. The molecule has 0 heterocycles. The van der Waals surface area contributed by atoms with Gasteiger partial charge in [0.1, 0.15) is 13.2 Å². The summed E-state index contributed by atoms with van der Waals surface area (Å²) in [6, 6.07) is 42.9. The molecule has 334 valence electrons. The number of Topliss-reactive ketones (excluding diaryl/α,β-unsaturated/α-hetero) is 2. The number of aliphatic hydroxyl groups is 2. The van der Waals surface area contributed by atoms with Crippen LogP contribution in [0, 0.1) is 0 Å². The van der Waals surface area contributed by atoms with Crippen LogP contribution in [0.4, 0.5) is 0 Å². The summed E-state index contributed by atoms with van der Waals surface area (Å²) in [6.45, 7) is 5.85. The van der Waals surface area contributed by atoms with E-state index < -0.39 is 52.9 Å². The minimum Gasteiger partial charge on any atom is -0.400 e. The molecule has 4 amide bonds. The van der Waals surface area contributed by atoms with E-state index in [4.69, 9.17) is 9.84 Å². The Morgan fingerprint density at radius 1 is 0.524 bits per heavy atom. The molecule has 4 N–H and O–H groups in total. The predicted octanol–water partition coefficient (Wildman–Crippen LogP) is 5.84. The van der Waals surface area contributed by atoms with Crippen molar-refractivity contribution in [2.24, 2.45) is 0 Å². The summed E-state index contributed by atoms with van der Waals surface area (Å²) in [5.74, 6) is -3.42. The zero-order chi connectivity index (χ0) is 47.2. The zero-order valence-corrected chi connectivity index (χ0v) is 37.5. The highest BCUT2D eigenvalue weighted by atomic mass is 16.5. The van der Waals surface area contributed by atoms with Crippen LogP contribution < -0.4 is 10.6 Å². The van der Waals surface area contributed by atoms with Crippen molar-refractivity contribution >= 4 is 35.2 Å². The van der Waals surface area contributed by atoms with Crippen LogP contribution >= 0.6 is 0 Å². The fourth-order valence-electron chi connectivity index (χ4n) is 6.21. The Kier molecular flexibility index (Phi) is 21.5. The third-order valence-electron chi connectivity index (χ3n) is 10.3. The second kappa shape index (κ2) is 25.9. The molecule has 0 aliphatic rings. The number of nitrogens with zero attached hydrogens (tertiary/aromatic N) is 2. The molecule has 0 fully saturated rings.